The average Bonchev–Trinajstić information content (AvgIpc) is 3.79. The highest BCUT2D eigenvalue weighted by Crippen LogP contribution is 2.53. The van der Waals surface area contributed by atoms with E-state index in [9.17, 15) is 23.1 Å². The summed E-state index contributed by atoms with van der Waals surface area (Å²) in [6, 6.07) is 13.3. The number of carbonyl (C=O) groups excluding carboxylic acids is 2. The van der Waals surface area contributed by atoms with Crippen molar-refractivity contribution >= 4 is 44.9 Å². The molecule has 2 fully saturated rings. The van der Waals surface area contributed by atoms with Crippen molar-refractivity contribution < 1.29 is 37.0 Å². The summed E-state index contributed by atoms with van der Waals surface area (Å²) in [6.45, 7) is 1.90. The van der Waals surface area contributed by atoms with Gasteiger partial charge < -0.3 is 20.3 Å². The fraction of sp³-hybridized carbons (Fsp3) is 0.412. The van der Waals surface area contributed by atoms with E-state index in [2.05, 4.69) is 0 Å². The summed E-state index contributed by atoms with van der Waals surface area (Å²) in [5.41, 5.74) is 1.78. The first-order valence-corrected chi connectivity index (χ1v) is 17.9. The topological polar surface area (TPSA) is 136 Å². The summed E-state index contributed by atoms with van der Waals surface area (Å²) in [6.07, 6.45) is 3.02. The fourth-order valence-electron chi connectivity index (χ4n) is 6.75. The van der Waals surface area contributed by atoms with Crippen LogP contribution in [-0.2, 0) is 42.0 Å². The molecule has 3 aromatic rings. The number of hydrogen-bond acceptors (Lipinski definition) is 7. The fourth-order valence-corrected chi connectivity index (χ4v) is 8.07. The third-order valence-corrected chi connectivity index (χ3v) is 11.5. The molecule has 6 rings (SSSR count). The maximum atomic E-state index is 16.9. The number of amides is 2. The maximum absolute atomic E-state index is 16.9. The standard InChI is InChI=1S/C34H35Cl2FN2O7S/c1-32(42,21-9-13-45-14-10-21)23-15-26-29(27(37)16-23)34(22-4-7-24(35)8-5-22,46-19-33(11-12-33)31(38)41)39(30(26)40)18-20-3-6-25(36)17-28(20)47(2,43)44/h3-8,15-17,21,42H,9-14,18-19H2,1-2H3,(H2,38,41)/t32-,34-/m1/s1. The van der Waals surface area contributed by atoms with Gasteiger partial charge in [-0.05, 0) is 86.1 Å². The highest BCUT2D eigenvalue weighted by atomic mass is 35.5. The Morgan fingerprint density at radius 3 is 2.34 bits per heavy atom. The number of nitrogens with two attached hydrogens (primary N) is 1. The molecule has 0 aromatic heterocycles. The summed E-state index contributed by atoms with van der Waals surface area (Å²) < 4.78 is 54.8. The van der Waals surface area contributed by atoms with Gasteiger partial charge in [-0.1, -0.05) is 41.4 Å². The quantitative estimate of drug-likeness (QED) is 0.292. The number of benzene rings is 3. The van der Waals surface area contributed by atoms with Crippen LogP contribution in [0.15, 0.2) is 59.5 Å². The monoisotopic (exact) mass is 704 g/mol. The van der Waals surface area contributed by atoms with Gasteiger partial charge in [-0.25, -0.2) is 12.8 Å². The molecule has 0 bridgehead atoms. The van der Waals surface area contributed by atoms with Gasteiger partial charge >= 0.3 is 0 Å². The molecule has 1 aliphatic carbocycles. The largest absolute Gasteiger partial charge is 0.385 e. The SMILES string of the molecule is C[C@](O)(c1cc(F)c2c(c1)C(=O)N(Cc1ccc(Cl)cc1S(C)(=O)=O)[C@@]2(OCC1(C(N)=O)CC1)c1ccc(Cl)cc1)C1CCOCC1. The molecule has 13 heteroatoms. The van der Waals surface area contributed by atoms with Crippen LogP contribution in [0.1, 0.15) is 65.2 Å². The van der Waals surface area contributed by atoms with Gasteiger partial charge in [-0.15, -0.1) is 0 Å². The number of nitrogens with zero attached hydrogens (tertiary/aromatic N) is 1. The van der Waals surface area contributed by atoms with Crippen molar-refractivity contribution in [2.75, 3.05) is 26.1 Å². The Bertz CT molecular complexity index is 1860. The molecule has 47 heavy (non-hydrogen) atoms. The number of ether oxygens (including phenoxy) is 2. The third-order valence-electron chi connectivity index (χ3n) is 9.81. The van der Waals surface area contributed by atoms with Crippen molar-refractivity contribution in [1.82, 2.24) is 4.90 Å². The predicted octanol–water partition coefficient (Wildman–Crippen LogP) is 5.31. The lowest BCUT2D eigenvalue weighted by atomic mass is 9.77. The van der Waals surface area contributed by atoms with E-state index in [-0.39, 0.29) is 51.2 Å². The second-order valence-electron chi connectivity index (χ2n) is 12.9. The first-order valence-electron chi connectivity index (χ1n) is 15.3. The molecule has 2 atom stereocenters. The van der Waals surface area contributed by atoms with E-state index in [0.29, 0.717) is 49.5 Å². The molecule has 3 aromatic carbocycles. The van der Waals surface area contributed by atoms with Gasteiger partial charge in [0.15, 0.2) is 15.6 Å². The lowest BCUT2D eigenvalue weighted by Gasteiger charge is -2.41. The molecule has 0 radical (unpaired) electrons. The second-order valence-corrected chi connectivity index (χ2v) is 15.8. The number of halogens is 3. The summed E-state index contributed by atoms with van der Waals surface area (Å²) in [5.74, 6) is -2.33. The molecular formula is C34H35Cl2FN2O7S. The van der Waals surface area contributed by atoms with Crippen molar-refractivity contribution in [3.8, 4) is 0 Å². The number of fused-ring (bicyclic) bond motifs is 1. The summed E-state index contributed by atoms with van der Waals surface area (Å²) in [5, 5.41) is 12.3. The molecule has 3 N–H and O–H groups in total. The Morgan fingerprint density at radius 1 is 1.11 bits per heavy atom. The molecular weight excluding hydrogens is 670 g/mol. The molecule has 2 aliphatic heterocycles. The van der Waals surface area contributed by atoms with Crippen molar-refractivity contribution in [2.45, 2.75) is 55.4 Å². The molecule has 0 spiro atoms. The second kappa shape index (κ2) is 12.1. The average molecular weight is 706 g/mol. The number of primary amides is 1. The Hall–Kier alpha value is -3.06. The van der Waals surface area contributed by atoms with Crippen LogP contribution >= 0.6 is 23.2 Å². The molecule has 2 amide bonds. The van der Waals surface area contributed by atoms with E-state index in [4.69, 9.17) is 38.4 Å². The molecule has 1 saturated heterocycles. The maximum Gasteiger partial charge on any atom is 0.257 e. The first-order chi connectivity index (χ1) is 22.1. The summed E-state index contributed by atoms with van der Waals surface area (Å²) in [4.78, 5) is 28.3. The molecule has 3 aliphatic rings. The first kappa shape index (κ1) is 33.8. The van der Waals surface area contributed by atoms with Crippen LogP contribution in [0.3, 0.4) is 0 Å². The van der Waals surface area contributed by atoms with E-state index in [0.717, 1.165) is 6.26 Å². The zero-order chi connectivity index (χ0) is 33.9. The summed E-state index contributed by atoms with van der Waals surface area (Å²) in [7, 11) is -3.83. The van der Waals surface area contributed by atoms with Crippen LogP contribution in [0.5, 0.6) is 0 Å². The molecule has 250 valence electrons. The number of aliphatic hydroxyl groups is 1. The van der Waals surface area contributed by atoms with Crippen molar-refractivity contribution in [3.63, 3.8) is 0 Å². The smallest absolute Gasteiger partial charge is 0.257 e. The number of carbonyl (C=O) groups is 2. The van der Waals surface area contributed by atoms with Gasteiger partial charge in [0.25, 0.3) is 5.91 Å². The number of sulfone groups is 1. The van der Waals surface area contributed by atoms with Gasteiger partial charge in [0.2, 0.25) is 5.91 Å². The Kier molecular flexibility index (Phi) is 8.72. The molecule has 9 nitrogen and oxygen atoms in total. The van der Waals surface area contributed by atoms with E-state index in [1.54, 1.807) is 31.2 Å². The van der Waals surface area contributed by atoms with Crippen molar-refractivity contribution in [2.24, 2.45) is 17.1 Å². The lowest BCUT2D eigenvalue weighted by molar-refractivity contribution is -0.142. The van der Waals surface area contributed by atoms with Gasteiger partial charge in [-0.2, -0.15) is 0 Å². The third kappa shape index (κ3) is 5.95. The lowest BCUT2D eigenvalue weighted by Crippen LogP contribution is -2.48. The van der Waals surface area contributed by atoms with Gasteiger partial charge in [0.05, 0.1) is 40.2 Å². The van der Waals surface area contributed by atoms with E-state index in [1.165, 1.54) is 35.2 Å². The van der Waals surface area contributed by atoms with Crippen LogP contribution < -0.4 is 5.73 Å². The Morgan fingerprint density at radius 2 is 1.74 bits per heavy atom. The zero-order valence-corrected chi connectivity index (χ0v) is 28.2. The summed E-state index contributed by atoms with van der Waals surface area (Å²) >= 11 is 12.4. The highest BCUT2D eigenvalue weighted by molar-refractivity contribution is 7.90. The van der Waals surface area contributed by atoms with Gasteiger partial charge in [0, 0.05) is 35.1 Å². The van der Waals surface area contributed by atoms with Crippen LogP contribution in [0.25, 0.3) is 0 Å². The number of hydrogen-bond donors (Lipinski definition) is 2. The van der Waals surface area contributed by atoms with Gasteiger partial charge in [-0.3, -0.25) is 14.5 Å². The van der Waals surface area contributed by atoms with Gasteiger partial charge in [0.1, 0.15) is 5.82 Å². The minimum Gasteiger partial charge on any atom is -0.385 e. The van der Waals surface area contributed by atoms with Crippen LogP contribution in [0, 0.1) is 17.2 Å². The molecule has 1 saturated carbocycles. The Balaban J connectivity index is 1.58. The zero-order valence-electron chi connectivity index (χ0n) is 25.9. The number of rotatable bonds is 10. The molecule has 0 unspecified atom stereocenters. The van der Waals surface area contributed by atoms with E-state index in [1.807, 2.05) is 0 Å². The minimum absolute atomic E-state index is 0.0684. The van der Waals surface area contributed by atoms with E-state index >= 15 is 4.39 Å². The Labute approximate surface area is 282 Å². The van der Waals surface area contributed by atoms with Crippen molar-refractivity contribution in [1.29, 1.82) is 0 Å². The van der Waals surface area contributed by atoms with Crippen LogP contribution in [-0.4, -0.2) is 56.3 Å². The molecule has 2 heterocycles. The minimum atomic E-state index is -3.83. The predicted molar refractivity (Wildman–Crippen MR) is 173 cm³/mol. The van der Waals surface area contributed by atoms with Crippen LogP contribution in [0.2, 0.25) is 10.0 Å². The van der Waals surface area contributed by atoms with Crippen molar-refractivity contribution in [3.05, 3.63) is 98.3 Å². The normalized spacial score (nSPS) is 22.2. The van der Waals surface area contributed by atoms with Crippen LogP contribution in [0.4, 0.5) is 4.39 Å². The van der Waals surface area contributed by atoms with E-state index < -0.39 is 44.2 Å². The highest BCUT2D eigenvalue weighted by Gasteiger charge is 2.58.